The monoisotopic (exact) mass is 217 g/mol. The predicted octanol–water partition coefficient (Wildman–Crippen LogP) is 2.32. The molecule has 0 unspecified atom stereocenters. The molecule has 1 atom stereocenters. The van der Waals surface area contributed by atoms with Crippen molar-refractivity contribution in [2.24, 2.45) is 5.73 Å². The maximum absolute atomic E-state index is 5.59. The Morgan fingerprint density at radius 1 is 1.64 bits per heavy atom. The SMILES string of the molecule is C[C@@H](N)CCc1ccc(Br)o1. The largest absolute Gasteiger partial charge is 0.454 e. The topological polar surface area (TPSA) is 39.2 Å². The second-order valence-corrected chi connectivity index (χ2v) is 3.50. The van der Waals surface area contributed by atoms with Gasteiger partial charge in [0.25, 0.3) is 0 Å². The number of hydrogen-bond acceptors (Lipinski definition) is 2. The molecule has 0 saturated carbocycles. The molecule has 11 heavy (non-hydrogen) atoms. The van der Waals surface area contributed by atoms with Crippen LogP contribution < -0.4 is 5.73 Å². The molecule has 0 spiro atoms. The molecule has 0 radical (unpaired) electrons. The van der Waals surface area contributed by atoms with Gasteiger partial charge < -0.3 is 10.2 Å². The van der Waals surface area contributed by atoms with E-state index in [1.54, 1.807) is 0 Å². The van der Waals surface area contributed by atoms with Gasteiger partial charge in [0, 0.05) is 12.5 Å². The summed E-state index contributed by atoms with van der Waals surface area (Å²) in [5.74, 6) is 0.995. The van der Waals surface area contributed by atoms with Crippen molar-refractivity contribution < 1.29 is 4.42 Å². The number of nitrogens with two attached hydrogens (primary N) is 1. The molecule has 0 saturated heterocycles. The van der Waals surface area contributed by atoms with Gasteiger partial charge in [-0.2, -0.15) is 0 Å². The molecule has 2 nitrogen and oxygen atoms in total. The van der Waals surface area contributed by atoms with Gasteiger partial charge in [-0.1, -0.05) is 0 Å². The first-order valence-corrected chi connectivity index (χ1v) is 4.47. The van der Waals surface area contributed by atoms with Crippen LogP contribution in [0.5, 0.6) is 0 Å². The average Bonchev–Trinajstić information content (AvgIpc) is 2.31. The molecule has 0 aliphatic heterocycles. The maximum atomic E-state index is 5.59. The molecule has 0 aliphatic carbocycles. The van der Waals surface area contributed by atoms with Crippen LogP contribution in [0.25, 0.3) is 0 Å². The first-order valence-electron chi connectivity index (χ1n) is 3.68. The zero-order valence-corrected chi connectivity index (χ0v) is 8.10. The molecule has 0 fully saturated rings. The molecular weight excluding hydrogens is 206 g/mol. The zero-order chi connectivity index (χ0) is 8.27. The van der Waals surface area contributed by atoms with Crippen molar-refractivity contribution >= 4 is 15.9 Å². The molecule has 2 N–H and O–H groups in total. The minimum Gasteiger partial charge on any atom is -0.454 e. The Morgan fingerprint density at radius 2 is 2.36 bits per heavy atom. The highest BCUT2D eigenvalue weighted by molar-refractivity contribution is 9.10. The van der Waals surface area contributed by atoms with Crippen LogP contribution in [0.1, 0.15) is 19.1 Å². The third-order valence-corrected chi connectivity index (χ3v) is 1.90. The van der Waals surface area contributed by atoms with Crippen LogP contribution in [0.3, 0.4) is 0 Å². The van der Waals surface area contributed by atoms with Crippen molar-refractivity contribution in [3.8, 4) is 0 Å². The Hall–Kier alpha value is -0.280. The molecule has 1 aromatic rings. The highest BCUT2D eigenvalue weighted by Gasteiger charge is 2.00. The van der Waals surface area contributed by atoms with Crippen molar-refractivity contribution in [1.29, 1.82) is 0 Å². The fourth-order valence-corrected chi connectivity index (χ4v) is 1.20. The lowest BCUT2D eigenvalue weighted by molar-refractivity contribution is 0.472. The Morgan fingerprint density at radius 3 is 2.82 bits per heavy atom. The molecule has 0 amide bonds. The van der Waals surface area contributed by atoms with Gasteiger partial charge in [-0.15, -0.1) is 0 Å². The van der Waals surface area contributed by atoms with Gasteiger partial charge in [0.05, 0.1) is 0 Å². The van der Waals surface area contributed by atoms with Crippen molar-refractivity contribution in [2.45, 2.75) is 25.8 Å². The van der Waals surface area contributed by atoms with Gasteiger partial charge >= 0.3 is 0 Å². The number of hydrogen-bond donors (Lipinski definition) is 1. The quantitative estimate of drug-likeness (QED) is 0.845. The van der Waals surface area contributed by atoms with Gasteiger partial charge in [0.2, 0.25) is 0 Å². The third-order valence-electron chi connectivity index (χ3n) is 1.47. The van der Waals surface area contributed by atoms with Crippen LogP contribution in [0, 0.1) is 0 Å². The Bertz CT molecular complexity index is 220. The summed E-state index contributed by atoms with van der Waals surface area (Å²) >= 11 is 3.24. The van der Waals surface area contributed by atoms with Crippen LogP contribution in [-0.4, -0.2) is 6.04 Å². The lowest BCUT2D eigenvalue weighted by Gasteiger charge is -2.00. The summed E-state index contributed by atoms with van der Waals surface area (Å²) in [6.07, 6.45) is 1.89. The van der Waals surface area contributed by atoms with Gasteiger partial charge in [-0.25, -0.2) is 0 Å². The average molecular weight is 218 g/mol. The highest BCUT2D eigenvalue weighted by Crippen LogP contribution is 2.15. The van der Waals surface area contributed by atoms with E-state index in [0.717, 1.165) is 23.3 Å². The van der Waals surface area contributed by atoms with Crippen molar-refractivity contribution in [1.82, 2.24) is 0 Å². The fraction of sp³-hybridized carbons (Fsp3) is 0.500. The minimum atomic E-state index is 0.249. The van der Waals surface area contributed by atoms with Gasteiger partial charge in [-0.3, -0.25) is 0 Å². The van der Waals surface area contributed by atoms with E-state index in [1.807, 2.05) is 19.1 Å². The van der Waals surface area contributed by atoms with Crippen molar-refractivity contribution in [3.05, 3.63) is 22.6 Å². The molecular formula is C8H12BrNO. The van der Waals surface area contributed by atoms with E-state index in [1.165, 1.54) is 0 Å². The van der Waals surface area contributed by atoms with Gasteiger partial charge in [0.15, 0.2) is 4.67 Å². The summed E-state index contributed by atoms with van der Waals surface area (Å²) in [5, 5.41) is 0. The first kappa shape index (κ1) is 8.81. The van der Waals surface area contributed by atoms with Crippen LogP contribution in [-0.2, 0) is 6.42 Å². The molecule has 62 valence electrons. The summed E-state index contributed by atoms with van der Waals surface area (Å²) in [5.41, 5.74) is 5.59. The standard InChI is InChI=1S/C8H12BrNO/c1-6(10)2-3-7-4-5-8(9)11-7/h4-6H,2-3,10H2,1H3/t6-/m1/s1. The Labute approximate surface area is 74.9 Å². The van der Waals surface area contributed by atoms with Crippen LogP contribution in [0.15, 0.2) is 21.2 Å². The molecule has 0 aliphatic rings. The van der Waals surface area contributed by atoms with Gasteiger partial charge in [0.1, 0.15) is 5.76 Å². The van der Waals surface area contributed by atoms with Crippen LogP contribution >= 0.6 is 15.9 Å². The molecule has 0 aromatic carbocycles. The number of halogens is 1. The third kappa shape index (κ3) is 3.08. The smallest absolute Gasteiger partial charge is 0.169 e. The van der Waals surface area contributed by atoms with E-state index >= 15 is 0 Å². The highest BCUT2D eigenvalue weighted by atomic mass is 79.9. The van der Waals surface area contributed by atoms with Gasteiger partial charge in [-0.05, 0) is 41.4 Å². The number of rotatable bonds is 3. The molecule has 0 bridgehead atoms. The van der Waals surface area contributed by atoms with E-state index in [2.05, 4.69) is 15.9 Å². The van der Waals surface area contributed by atoms with Crippen LogP contribution in [0.4, 0.5) is 0 Å². The van der Waals surface area contributed by atoms with E-state index in [9.17, 15) is 0 Å². The maximum Gasteiger partial charge on any atom is 0.169 e. The van der Waals surface area contributed by atoms with E-state index in [0.29, 0.717) is 0 Å². The summed E-state index contributed by atoms with van der Waals surface area (Å²) < 4.78 is 6.08. The Balaban J connectivity index is 2.39. The molecule has 1 heterocycles. The van der Waals surface area contributed by atoms with E-state index in [-0.39, 0.29) is 6.04 Å². The second-order valence-electron chi connectivity index (χ2n) is 2.72. The lowest BCUT2D eigenvalue weighted by atomic mass is 10.2. The lowest BCUT2D eigenvalue weighted by Crippen LogP contribution is -2.15. The molecule has 1 rings (SSSR count). The summed E-state index contributed by atoms with van der Waals surface area (Å²) in [7, 11) is 0. The molecule has 1 aromatic heterocycles. The normalized spacial score (nSPS) is 13.4. The summed E-state index contributed by atoms with van der Waals surface area (Å²) in [6.45, 7) is 2.00. The van der Waals surface area contributed by atoms with Crippen molar-refractivity contribution in [3.63, 3.8) is 0 Å². The van der Waals surface area contributed by atoms with E-state index < -0.39 is 0 Å². The number of furan rings is 1. The predicted molar refractivity (Wildman–Crippen MR) is 48.4 cm³/mol. The number of aryl methyl sites for hydroxylation is 1. The summed E-state index contributed by atoms with van der Waals surface area (Å²) in [6, 6.07) is 4.11. The first-order chi connectivity index (χ1) is 5.18. The summed E-state index contributed by atoms with van der Waals surface area (Å²) in [4.78, 5) is 0. The Kier molecular flexibility index (Phi) is 3.15. The van der Waals surface area contributed by atoms with Crippen molar-refractivity contribution in [2.75, 3.05) is 0 Å². The minimum absolute atomic E-state index is 0.249. The molecule has 3 heteroatoms. The zero-order valence-electron chi connectivity index (χ0n) is 6.51. The second kappa shape index (κ2) is 3.93. The fourth-order valence-electron chi connectivity index (χ4n) is 0.856. The van der Waals surface area contributed by atoms with Crippen LogP contribution in [0.2, 0.25) is 0 Å². The van der Waals surface area contributed by atoms with E-state index in [4.69, 9.17) is 10.2 Å².